The Morgan fingerprint density at radius 2 is 1.90 bits per heavy atom. The lowest BCUT2D eigenvalue weighted by molar-refractivity contribution is 0.494. The lowest BCUT2D eigenvalue weighted by Crippen LogP contribution is -2.22. The zero-order valence-electron chi connectivity index (χ0n) is 13.0. The molecule has 1 aromatic carbocycles. The molecule has 1 N–H and O–H groups in total. The van der Waals surface area contributed by atoms with E-state index < -0.39 is 0 Å². The molecule has 0 fully saturated rings. The van der Waals surface area contributed by atoms with Crippen LogP contribution in [0.5, 0.6) is 0 Å². The molecule has 0 amide bonds. The van der Waals surface area contributed by atoms with Crippen LogP contribution in [0.25, 0.3) is 0 Å². The fraction of sp³-hybridized carbons (Fsp3) is 0.471. The first kappa shape index (κ1) is 14.8. The highest BCUT2D eigenvalue weighted by atomic mass is 15.1. The monoisotopic (exact) mass is 271 g/mol. The van der Waals surface area contributed by atoms with Crippen LogP contribution in [0.15, 0.2) is 30.6 Å². The first-order valence-electron chi connectivity index (χ1n) is 7.40. The van der Waals surface area contributed by atoms with E-state index >= 15 is 0 Å². The normalized spacial score (nSPS) is 12.6. The Morgan fingerprint density at radius 1 is 1.20 bits per heavy atom. The van der Waals surface area contributed by atoms with E-state index in [1.807, 2.05) is 13.4 Å². The molecule has 0 aliphatic carbocycles. The molecule has 0 saturated heterocycles. The van der Waals surface area contributed by atoms with Crippen molar-refractivity contribution in [3.8, 4) is 0 Å². The molecule has 0 bridgehead atoms. The number of hydrogen-bond acceptors (Lipinski definition) is 2. The second-order valence-corrected chi connectivity index (χ2v) is 5.40. The van der Waals surface area contributed by atoms with Crippen molar-refractivity contribution in [3.63, 3.8) is 0 Å². The van der Waals surface area contributed by atoms with E-state index in [0.717, 1.165) is 18.7 Å². The Balaban J connectivity index is 2.13. The zero-order chi connectivity index (χ0) is 14.5. The summed E-state index contributed by atoms with van der Waals surface area (Å²) in [5.41, 5.74) is 5.10. The van der Waals surface area contributed by atoms with Gasteiger partial charge in [-0.05, 0) is 38.4 Å². The third-order valence-corrected chi connectivity index (χ3v) is 3.99. The van der Waals surface area contributed by atoms with Crippen LogP contribution in [0.4, 0.5) is 0 Å². The number of nitrogens with one attached hydrogen (secondary N) is 1. The Labute approximate surface area is 122 Å². The summed E-state index contributed by atoms with van der Waals surface area (Å²) in [6, 6.07) is 9.29. The summed E-state index contributed by atoms with van der Waals surface area (Å²) in [6.07, 6.45) is 4.28. The molecule has 3 nitrogen and oxygen atoms in total. The highest BCUT2D eigenvalue weighted by molar-refractivity contribution is 5.25. The topological polar surface area (TPSA) is 29.9 Å². The van der Waals surface area contributed by atoms with Gasteiger partial charge in [-0.15, -0.1) is 0 Å². The molecule has 1 unspecified atom stereocenters. The molecule has 3 heteroatoms. The molecule has 108 valence electrons. The fourth-order valence-electron chi connectivity index (χ4n) is 2.49. The number of aryl methyl sites for hydroxylation is 2. The van der Waals surface area contributed by atoms with Crippen molar-refractivity contribution < 1.29 is 0 Å². The molecular formula is C17H25N3. The van der Waals surface area contributed by atoms with Gasteiger partial charge in [0.15, 0.2) is 0 Å². The van der Waals surface area contributed by atoms with Gasteiger partial charge in [0, 0.05) is 18.3 Å². The second-order valence-electron chi connectivity index (χ2n) is 5.40. The summed E-state index contributed by atoms with van der Waals surface area (Å²) in [4.78, 5) is 4.37. The molecule has 0 aliphatic rings. The van der Waals surface area contributed by atoms with E-state index in [-0.39, 0.29) is 0 Å². The van der Waals surface area contributed by atoms with E-state index in [1.54, 1.807) is 0 Å². The zero-order valence-corrected chi connectivity index (χ0v) is 13.0. The molecule has 2 aromatic rings. The van der Waals surface area contributed by atoms with Crippen molar-refractivity contribution in [2.24, 2.45) is 0 Å². The van der Waals surface area contributed by atoms with E-state index in [9.17, 15) is 0 Å². The van der Waals surface area contributed by atoms with E-state index in [1.165, 1.54) is 23.2 Å². The van der Waals surface area contributed by atoms with Crippen LogP contribution in [0.3, 0.4) is 0 Å². The molecule has 0 aliphatic heterocycles. The van der Waals surface area contributed by atoms with E-state index in [4.69, 9.17) is 0 Å². The van der Waals surface area contributed by atoms with Gasteiger partial charge in [0.25, 0.3) is 0 Å². The Hall–Kier alpha value is -1.61. The Kier molecular flexibility index (Phi) is 4.96. The van der Waals surface area contributed by atoms with E-state index in [2.05, 4.69) is 59.9 Å². The standard InChI is InChI=1S/C17H25N3/c1-5-6-15-7-9-16(10-8-15)17(18-4)11-20-12-19-13(2)14(20)3/h7-10,12,17-18H,5-6,11H2,1-4H3. The maximum atomic E-state index is 4.37. The van der Waals surface area contributed by atoms with Gasteiger partial charge in [-0.2, -0.15) is 0 Å². The van der Waals surface area contributed by atoms with Crippen LogP contribution in [-0.2, 0) is 13.0 Å². The van der Waals surface area contributed by atoms with Crippen LogP contribution in [-0.4, -0.2) is 16.6 Å². The Morgan fingerprint density at radius 3 is 2.40 bits per heavy atom. The third-order valence-electron chi connectivity index (χ3n) is 3.99. The van der Waals surface area contributed by atoms with Crippen LogP contribution in [0.1, 0.15) is 41.9 Å². The molecule has 20 heavy (non-hydrogen) atoms. The van der Waals surface area contributed by atoms with Gasteiger partial charge in [-0.1, -0.05) is 37.6 Å². The summed E-state index contributed by atoms with van der Waals surface area (Å²) < 4.78 is 2.22. The number of hydrogen-bond donors (Lipinski definition) is 1. The molecule has 0 spiro atoms. The van der Waals surface area contributed by atoms with Crippen molar-refractivity contribution in [2.75, 3.05) is 7.05 Å². The van der Waals surface area contributed by atoms with Crippen molar-refractivity contribution in [3.05, 3.63) is 53.1 Å². The van der Waals surface area contributed by atoms with Crippen molar-refractivity contribution in [2.45, 2.75) is 46.2 Å². The first-order chi connectivity index (χ1) is 9.65. The summed E-state index contributed by atoms with van der Waals surface area (Å²) in [6.45, 7) is 7.31. The number of rotatable bonds is 6. The quantitative estimate of drug-likeness (QED) is 0.872. The maximum Gasteiger partial charge on any atom is 0.0952 e. The number of imidazole rings is 1. The summed E-state index contributed by atoms with van der Waals surface area (Å²) in [5.74, 6) is 0. The molecule has 1 aromatic heterocycles. The lowest BCUT2D eigenvalue weighted by Gasteiger charge is -2.18. The van der Waals surface area contributed by atoms with Gasteiger partial charge in [-0.25, -0.2) is 4.98 Å². The van der Waals surface area contributed by atoms with Gasteiger partial charge >= 0.3 is 0 Å². The molecular weight excluding hydrogens is 246 g/mol. The van der Waals surface area contributed by atoms with Gasteiger partial charge in [-0.3, -0.25) is 0 Å². The maximum absolute atomic E-state index is 4.37. The molecule has 1 atom stereocenters. The highest BCUT2D eigenvalue weighted by Gasteiger charge is 2.12. The molecule has 0 saturated carbocycles. The smallest absolute Gasteiger partial charge is 0.0952 e. The number of aromatic nitrogens is 2. The van der Waals surface area contributed by atoms with Crippen molar-refractivity contribution in [1.29, 1.82) is 0 Å². The van der Waals surface area contributed by atoms with Gasteiger partial charge in [0.2, 0.25) is 0 Å². The highest BCUT2D eigenvalue weighted by Crippen LogP contribution is 2.18. The number of likely N-dealkylation sites (N-methyl/N-ethyl adjacent to an activating group) is 1. The molecule has 0 radical (unpaired) electrons. The predicted molar refractivity (Wildman–Crippen MR) is 83.9 cm³/mol. The van der Waals surface area contributed by atoms with E-state index in [0.29, 0.717) is 6.04 Å². The van der Waals surface area contributed by atoms with Crippen LogP contribution in [0, 0.1) is 13.8 Å². The predicted octanol–water partition coefficient (Wildman–Crippen LogP) is 3.41. The van der Waals surface area contributed by atoms with Crippen LogP contribution >= 0.6 is 0 Å². The van der Waals surface area contributed by atoms with Crippen LogP contribution in [0.2, 0.25) is 0 Å². The minimum atomic E-state index is 0.318. The van der Waals surface area contributed by atoms with Gasteiger partial charge in [0.1, 0.15) is 0 Å². The number of nitrogens with zero attached hydrogens (tertiary/aromatic N) is 2. The van der Waals surface area contributed by atoms with Gasteiger partial charge in [0.05, 0.1) is 12.0 Å². The SMILES string of the molecule is CCCc1ccc(C(Cn2cnc(C)c2C)NC)cc1. The minimum absolute atomic E-state index is 0.318. The summed E-state index contributed by atoms with van der Waals surface area (Å²) >= 11 is 0. The third kappa shape index (κ3) is 3.28. The number of benzene rings is 1. The van der Waals surface area contributed by atoms with Crippen LogP contribution < -0.4 is 5.32 Å². The fourth-order valence-corrected chi connectivity index (χ4v) is 2.49. The first-order valence-corrected chi connectivity index (χ1v) is 7.40. The Bertz CT molecular complexity index is 540. The molecule has 1 heterocycles. The average molecular weight is 271 g/mol. The average Bonchev–Trinajstić information content (AvgIpc) is 2.78. The molecule has 2 rings (SSSR count). The van der Waals surface area contributed by atoms with Gasteiger partial charge < -0.3 is 9.88 Å². The lowest BCUT2D eigenvalue weighted by atomic mass is 10.0. The van der Waals surface area contributed by atoms with Crippen molar-refractivity contribution in [1.82, 2.24) is 14.9 Å². The minimum Gasteiger partial charge on any atom is -0.333 e. The summed E-state index contributed by atoms with van der Waals surface area (Å²) in [5, 5.41) is 3.41. The summed E-state index contributed by atoms with van der Waals surface area (Å²) in [7, 11) is 2.02. The largest absolute Gasteiger partial charge is 0.333 e. The van der Waals surface area contributed by atoms with Crippen molar-refractivity contribution >= 4 is 0 Å². The second kappa shape index (κ2) is 6.71.